The van der Waals surface area contributed by atoms with Crippen molar-refractivity contribution in [3.63, 3.8) is 0 Å². The molecule has 0 aromatic rings. The van der Waals surface area contributed by atoms with E-state index in [1.165, 1.54) is 0 Å². The van der Waals surface area contributed by atoms with Gasteiger partial charge < -0.3 is 0 Å². The largest absolute Gasteiger partial charge is 0.330 e. The average molecular weight is 182 g/mol. The van der Waals surface area contributed by atoms with Gasteiger partial charge in [-0.2, -0.15) is 8.42 Å². The van der Waals surface area contributed by atoms with Crippen molar-refractivity contribution in [2.24, 2.45) is 5.14 Å². The van der Waals surface area contributed by atoms with Gasteiger partial charge in [-0.1, -0.05) is 0 Å². The number of rotatable bonds is 0. The summed E-state index contributed by atoms with van der Waals surface area (Å²) in [5, 5.41) is 4.08. The van der Waals surface area contributed by atoms with Crippen LogP contribution in [-0.4, -0.2) is 18.3 Å². The highest BCUT2D eigenvalue weighted by Crippen LogP contribution is 1.73. The predicted octanol–water partition coefficient (Wildman–Crippen LogP) is 0.169. The summed E-state index contributed by atoms with van der Waals surface area (Å²) in [5.41, 5.74) is 0. The molecule has 0 unspecified atom stereocenters. The Morgan fingerprint density at radius 2 is 1.50 bits per heavy atom. The van der Waals surface area contributed by atoms with Crippen LogP contribution in [0.3, 0.4) is 0 Å². The van der Waals surface area contributed by atoms with Crippen LogP contribution < -0.4 is 5.14 Å². The van der Waals surface area contributed by atoms with Crippen molar-refractivity contribution in [2.45, 2.75) is 0 Å². The molecule has 0 radical (unpaired) electrons. The van der Waals surface area contributed by atoms with E-state index in [0.717, 1.165) is 0 Å². The van der Waals surface area contributed by atoms with Gasteiger partial charge in [-0.15, -0.1) is 23.2 Å². The molecular formula is CH5Cl2NO3S. The molecule has 0 bridgehead atoms. The van der Waals surface area contributed by atoms with Gasteiger partial charge in [0.05, 0.1) is 5.34 Å². The second kappa shape index (κ2) is 5.58. The second-order valence-electron chi connectivity index (χ2n) is 0.616. The van der Waals surface area contributed by atoms with E-state index in [9.17, 15) is 0 Å². The van der Waals surface area contributed by atoms with Crippen LogP contribution in [0, 0.1) is 0 Å². The monoisotopic (exact) mass is 181 g/mol. The van der Waals surface area contributed by atoms with Gasteiger partial charge in [-0.25, -0.2) is 5.14 Å². The standard InChI is InChI=1S/CH2Cl2.H3NO3S/c2-1-3;1-5(2,3)4/h1H2;(H3,1,2,3,4). The second-order valence-corrected chi connectivity index (χ2v) is 2.45. The van der Waals surface area contributed by atoms with Gasteiger partial charge in [0.25, 0.3) is 0 Å². The highest BCUT2D eigenvalue weighted by molar-refractivity contribution is 7.83. The summed E-state index contributed by atoms with van der Waals surface area (Å²) in [7, 11) is -4.17. The molecule has 0 aliphatic heterocycles. The number of halogens is 2. The lowest BCUT2D eigenvalue weighted by Crippen LogP contribution is -2.08. The minimum absolute atomic E-state index is 0.194. The van der Waals surface area contributed by atoms with E-state index in [-0.39, 0.29) is 5.34 Å². The quantitative estimate of drug-likeness (QED) is 0.413. The average Bonchev–Trinajstić information content (AvgIpc) is 1.27. The van der Waals surface area contributed by atoms with E-state index in [1.54, 1.807) is 0 Å². The highest BCUT2D eigenvalue weighted by Gasteiger charge is 1.81. The molecule has 0 fully saturated rings. The molecular weight excluding hydrogens is 177 g/mol. The van der Waals surface area contributed by atoms with E-state index in [4.69, 9.17) is 36.2 Å². The molecule has 0 rings (SSSR count). The topological polar surface area (TPSA) is 80.4 Å². The Kier molecular flexibility index (Phi) is 7.87. The van der Waals surface area contributed by atoms with Crippen LogP contribution in [0.1, 0.15) is 0 Å². The van der Waals surface area contributed by atoms with Gasteiger partial charge in [0.15, 0.2) is 0 Å². The Bertz CT molecular complexity index is 111. The maximum absolute atomic E-state index is 8.97. The van der Waals surface area contributed by atoms with Gasteiger partial charge >= 0.3 is 10.3 Å². The number of alkyl halides is 2. The van der Waals surface area contributed by atoms with Crippen LogP contribution in [0.4, 0.5) is 0 Å². The summed E-state index contributed by atoms with van der Waals surface area (Å²) in [6.07, 6.45) is 0. The zero-order chi connectivity index (χ0) is 7.21. The molecule has 4 nitrogen and oxygen atoms in total. The van der Waals surface area contributed by atoms with Gasteiger partial charge in [0.1, 0.15) is 0 Å². The lowest BCUT2D eigenvalue weighted by Gasteiger charge is -1.70. The van der Waals surface area contributed by atoms with Gasteiger partial charge in [0.2, 0.25) is 0 Å². The molecule has 0 saturated heterocycles. The van der Waals surface area contributed by atoms with Gasteiger partial charge in [0, 0.05) is 0 Å². The Labute approximate surface area is 57.5 Å². The molecule has 0 aliphatic rings. The van der Waals surface area contributed by atoms with E-state index < -0.39 is 10.3 Å². The summed E-state index contributed by atoms with van der Waals surface area (Å²) in [6.45, 7) is 0. The third-order valence-electron chi connectivity index (χ3n) is 0. The molecule has 0 aromatic carbocycles. The molecule has 7 heteroatoms. The van der Waals surface area contributed by atoms with E-state index in [1.807, 2.05) is 0 Å². The molecule has 3 N–H and O–H groups in total. The minimum atomic E-state index is -4.17. The zero-order valence-electron chi connectivity index (χ0n) is 3.71. The first kappa shape index (κ1) is 11.3. The first-order valence-electron chi connectivity index (χ1n) is 1.29. The Balaban J connectivity index is 0. The predicted molar refractivity (Wildman–Crippen MR) is 32.3 cm³/mol. The summed E-state index contributed by atoms with van der Waals surface area (Å²) in [6, 6.07) is 0. The van der Waals surface area contributed by atoms with E-state index in [0.29, 0.717) is 0 Å². The van der Waals surface area contributed by atoms with Crippen LogP contribution in [0.15, 0.2) is 0 Å². The van der Waals surface area contributed by atoms with Crippen molar-refractivity contribution >= 4 is 33.5 Å². The van der Waals surface area contributed by atoms with Crippen LogP contribution in [0.5, 0.6) is 0 Å². The molecule has 0 aromatic heterocycles. The van der Waals surface area contributed by atoms with Crippen molar-refractivity contribution in [3.8, 4) is 0 Å². The molecule has 0 aliphatic carbocycles. The third-order valence-corrected chi connectivity index (χ3v) is 0. The van der Waals surface area contributed by atoms with Crippen LogP contribution in [0.2, 0.25) is 0 Å². The molecule has 0 spiro atoms. The molecule has 52 valence electrons. The van der Waals surface area contributed by atoms with Crippen LogP contribution >= 0.6 is 23.2 Å². The number of hydrogen-bond acceptors (Lipinski definition) is 2. The molecule has 0 amide bonds. The van der Waals surface area contributed by atoms with Crippen LogP contribution in [-0.2, 0) is 10.3 Å². The molecule has 8 heavy (non-hydrogen) atoms. The summed E-state index contributed by atoms with van der Waals surface area (Å²) in [4.78, 5) is 0. The molecule has 0 heterocycles. The first-order chi connectivity index (χ1) is 3.41. The van der Waals surface area contributed by atoms with Crippen molar-refractivity contribution in [2.75, 3.05) is 5.34 Å². The summed E-state index contributed by atoms with van der Waals surface area (Å²) < 4.78 is 25.2. The highest BCUT2D eigenvalue weighted by atomic mass is 35.5. The molecule has 0 atom stereocenters. The van der Waals surface area contributed by atoms with Crippen molar-refractivity contribution in [3.05, 3.63) is 0 Å². The maximum Gasteiger partial charge on any atom is 0.330 e. The SMILES string of the molecule is ClCCl.NS(=O)(=O)O. The fraction of sp³-hybridized carbons (Fsp3) is 1.00. The third kappa shape index (κ3) is 946. The summed E-state index contributed by atoms with van der Waals surface area (Å²) >= 11 is 9.53. The maximum atomic E-state index is 8.97. The van der Waals surface area contributed by atoms with Crippen LogP contribution in [0.25, 0.3) is 0 Å². The van der Waals surface area contributed by atoms with Gasteiger partial charge in [-0.05, 0) is 0 Å². The Morgan fingerprint density at radius 1 is 1.50 bits per heavy atom. The van der Waals surface area contributed by atoms with E-state index in [2.05, 4.69) is 5.14 Å². The first-order valence-corrected chi connectivity index (χ1v) is 3.86. The van der Waals surface area contributed by atoms with Gasteiger partial charge in [-0.3, -0.25) is 4.55 Å². The number of nitrogens with two attached hydrogens (primary N) is 1. The lowest BCUT2D eigenvalue weighted by molar-refractivity contribution is 0.485. The van der Waals surface area contributed by atoms with Crippen molar-refractivity contribution in [1.29, 1.82) is 0 Å². The normalized spacial score (nSPS) is 9.50. The van der Waals surface area contributed by atoms with Crippen molar-refractivity contribution < 1.29 is 13.0 Å². The minimum Gasteiger partial charge on any atom is -0.274 e. The van der Waals surface area contributed by atoms with E-state index >= 15 is 0 Å². The fourth-order valence-corrected chi connectivity index (χ4v) is 0. The lowest BCUT2D eigenvalue weighted by atomic mass is 11.9. The number of hydrogen-bond donors (Lipinski definition) is 2. The fourth-order valence-electron chi connectivity index (χ4n) is 0. The zero-order valence-corrected chi connectivity index (χ0v) is 6.04. The van der Waals surface area contributed by atoms with Crippen molar-refractivity contribution in [1.82, 2.24) is 0 Å². The summed E-state index contributed by atoms with van der Waals surface area (Å²) in [5.74, 6) is 0. The Morgan fingerprint density at radius 3 is 1.50 bits per heavy atom. The molecule has 0 saturated carbocycles. The smallest absolute Gasteiger partial charge is 0.274 e. The Hall–Kier alpha value is 0.450.